The molecule has 0 bridgehead atoms. The predicted octanol–water partition coefficient (Wildman–Crippen LogP) is -0.889. The molecular weight excluding hydrogens is 250 g/mol. The molecule has 0 aliphatic rings. The Labute approximate surface area is 107 Å². The van der Waals surface area contributed by atoms with Gasteiger partial charge in [-0.15, -0.1) is 5.10 Å². The molecule has 0 spiro atoms. The second kappa shape index (κ2) is 5.58. The third-order valence-corrected chi connectivity index (χ3v) is 2.05. The van der Waals surface area contributed by atoms with Gasteiger partial charge in [-0.05, 0) is 35.0 Å². The third kappa shape index (κ3) is 3.77. The highest BCUT2D eigenvalue weighted by molar-refractivity contribution is 5.82. The molecule has 19 heavy (non-hydrogen) atoms. The molecule has 1 heterocycles. The van der Waals surface area contributed by atoms with Gasteiger partial charge in [-0.25, -0.2) is 5.43 Å². The molecule has 0 aliphatic heterocycles. The van der Waals surface area contributed by atoms with Crippen molar-refractivity contribution in [1.29, 1.82) is 0 Å². The minimum atomic E-state index is -0.410. The zero-order valence-electron chi connectivity index (χ0n) is 9.76. The zero-order valence-corrected chi connectivity index (χ0v) is 9.76. The van der Waals surface area contributed by atoms with Gasteiger partial charge in [0.1, 0.15) is 12.3 Å². The van der Waals surface area contributed by atoms with E-state index in [9.17, 15) is 4.79 Å². The van der Waals surface area contributed by atoms with E-state index in [4.69, 9.17) is 10.8 Å². The highest BCUT2D eigenvalue weighted by Crippen LogP contribution is 2.07. The summed E-state index contributed by atoms with van der Waals surface area (Å²) in [6.45, 7) is -0.128. The summed E-state index contributed by atoms with van der Waals surface area (Å²) in [4.78, 5) is 12.5. The van der Waals surface area contributed by atoms with E-state index in [0.717, 1.165) is 10.4 Å². The first-order chi connectivity index (χ1) is 9.13. The molecule has 0 saturated heterocycles. The number of nitrogens with one attached hydrogen (secondary N) is 1. The molecule has 2 aromatic rings. The molecular formula is C10H11N7O2. The fourth-order valence-electron chi connectivity index (χ4n) is 1.23. The quantitative estimate of drug-likeness (QED) is 0.483. The average Bonchev–Trinajstić information content (AvgIpc) is 2.77. The SMILES string of the molecule is Nc1nnn(CC(=O)N/N=C/c2ccc(O)cc2)n1. The molecule has 0 atom stereocenters. The number of benzene rings is 1. The number of aromatic hydroxyl groups is 1. The van der Waals surface area contributed by atoms with E-state index in [1.165, 1.54) is 18.3 Å². The number of nitrogen functional groups attached to an aromatic ring is 1. The fraction of sp³-hybridized carbons (Fsp3) is 0.100. The van der Waals surface area contributed by atoms with Crippen LogP contribution in [0.2, 0.25) is 0 Å². The Morgan fingerprint density at radius 1 is 1.47 bits per heavy atom. The van der Waals surface area contributed by atoms with Crippen LogP contribution in [0.25, 0.3) is 0 Å². The number of carbonyl (C=O) groups excluding carboxylic acids is 1. The fourth-order valence-corrected chi connectivity index (χ4v) is 1.23. The van der Waals surface area contributed by atoms with Gasteiger partial charge in [-0.1, -0.05) is 5.10 Å². The van der Waals surface area contributed by atoms with Gasteiger partial charge in [0.05, 0.1) is 6.21 Å². The Kier molecular flexibility index (Phi) is 3.67. The Balaban J connectivity index is 1.84. The summed E-state index contributed by atoms with van der Waals surface area (Å²) < 4.78 is 0. The monoisotopic (exact) mass is 261 g/mol. The van der Waals surface area contributed by atoms with E-state index >= 15 is 0 Å². The standard InChI is InChI=1S/C10H11N7O2/c11-10-14-16-17(15-10)6-9(19)13-12-5-7-1-3-8(18)4-2-7/h1-5,18H,6H2,(H2,11,15)(H,13,19)/b12-5+. The van der Waals surface area contributed by atoms with Crippen LogP contribution in [0.15, 0.2) is 29.4 Å². The lowest BCUT2D eigenvalue weighted by Gasteiger charge is -1.98. The summed E-state index contributed by atoms with van der Waals surface area (Å²) in [6.07, 6.45) is 1.44. The molecule has 1 amide bonds. The van der Waals surface area contributed by atoms with Crippen LogP contribution < -0.4 is 11.2 Å². The molecule has 4 N–H and O–H groups in total. The lowest BCUT2D eigenvalue weighted by molar-refractivity contribution is -0.122. The molecule has 1 aromatic carbocycles. The van der Waals surface area contributed by atoms with Crippen molar-refractivity contribution >= 4 is 18.1 Å². The molecule has 9 heteroatoms. The lowest BCUT2D eigenvalue weighted by atomic mass is 10.2. The Morgan fingerprint density at radius 3 is 2.84 bits per heavy atom. The number of tetrazole rings is 1. The van der Waals surface area contributed by atoms with Crippen LogP contribution in [0.3, 0.4) is 0 Å². The summed E-state index contributed by atoms with van der Waals surface area (Å²) in [5.74, 6) is -0.246. The highest BCUT2D eigenvalue weighted by Gasteiger charge is 2.04. The van der Waals surface area contributed by atoms with E-state index in [0.29, 0.717) is 0 Å². The molecule has 0 radical (unpaired) electrons. The van der Waals surface area contributed by atoms with Gasteiger partial charge in [0, 0.05) is 0 Å². The summed E-state index contributed by atoms with van der Waals surface area (Å²) >= 11 is 0. The van der Waals surface area contributed by atoms with Gasteiger partial charge in [0.15, 0.2) is 0 Å². The normalized spacial score (nSPS) is 10.7. The second-order valence-electron chi connectivity index (χ2n) is 3.56. The minimum absolute atomic E-state index is 0.000365. The summed E-state index contributed by atoms with van der Waals surface area (Å²) in [5.41, 5.74) is 8.29. The smallest absolute Gasteiger partial charge is 0.263 e. The minimum Gasteiger partial charge on any atom is -0.508 e. The number of rotatable bonds is 4. The summed E-state index contributed by atoms with van der Waals surface area (Å²) in [6, 6.07) is 6.35. The average molecular weight is 261 g/mol. The molecule has 9 nitrogen and oxygen atoms in total. The van der Waals surface area contributed by atoms with E-state index in [2.05, 4.69) is 25.9 Å². The number of amides is 1. The number of phenols is 1. The first-order valence-electron chi connectivity index (χ1n) is 5.28. The van der Waals surface area contributed by atoms with Crippen molar-refractivity contribution in [1.82, 2.24) is 25.6 Å². The van der Waals surface area contributed by atoms with Gasteiger partial charge in [-0.3, -0.25) is 4.79 Å². The maximum Gasteiger partial charge on any atom is 0.263 e. The topological polar surface area (TPSA) is 131 Å². The highest BCUT2D eigenvalue weighted by atomic mass is 16.3. The van der Waals surface area contributed by atoms with Crippen LogP contribution in [0.5, 0.6) is 5.75 Å². The van der Waals surface area contributed by atoms with Crippen molar-refractivity contribution in [3.63, 3.8) is 0 Å². The third-order valence-electron chi connectivity index (χ3n) is 2.05. The van der Waals surface area contributed by atoms with Gasteiger partial charge >= 0.3 is 0 Å². The van der Waals surface area contributed by atoms with Gasteiger partial charge in [-0.2, -0.15) is 9.90 Å². The van der Waals surface area contributed by atoms with Crippen LogP contribution in [-0.4, -0.2) is 37.4 Å². The molecule has 1 aromatic heterocycles. The van der Waals surface area contributed by atoms with Crippen LogP contribution in [0.1, 0.15) is 5.56 Å². The maximum atomic E-state index is 11.4. The number of nitrogens with zero attached hydrogens (tertiary/aromatic N) is 5. The number of hydrazone groups is 1. The molecule has 0 fully saturated rings. The van der Waals surface area contributed by atoms with Gasteiger partial charge in [0.25, 0.3) is 11.9 Å². The van der Waals surface area contributed by atoms with Crippen LogP contribution in [-0.2, 0) is 11.3 Å². The first kappa shape index (κ1) is 12.5. The number of hydrogen-bond donors (Lipinski definition) is 3. The maximum absolute atomic E-state index is 11.4. The number of nitrogens with two attached hydrogens (primary N) is 1. The Morgan fingerprint density at radius 2 is 2.21 bits per heavy atom. The predicted molar refractivity (Wildman–Crippen MR) is 66.1 cm³/mol. The molecule has 0 aliphatic carbocycles. The van der Waals surface area contributed by atoms with Crippen molar-refractivity contribution in [3.05, 3.63) is 29.8 Å². The molecule has 98 valence electrons. The number of carbonyl (C=O) groups is 1. The molecule has 0 saturated carbocycles. The van der Waals surface area contributed by atoms with Crippen molar-refractivity contribution < 1.29 is 9.90 Å². The van der Waals surface area contributed by atoms with E-state index < -0.39 is 5.91 Å². The van der Waals surface area contributed by atoms with Gasteiger partial charge in [0.2, 0.25) is 0 Å². The van der Waals surface area contributed by atoms with Gasteiger partial charge < -0.3 is 10.8 Å². The Hall–Kier alpha value is -2.97. The van der Waals surface area contributed by atoms with Crippen molar-refractivity contribution in [2.75, 3.05) is 5.73 Å². The van der Waals surface area contributed by atoms with Crippen molar-refractivity contribution in [2.45, 2.75) is 6.54 Å². The van der Waals surface area contributed by atoms with E-state index in [-0.39, 0.29) is 18.2 Å². The molecule has 2 rings (SSSR count). The van der Waals surface area contributed by atoms with Crippen LogP contribution >= 0.6 is 0 Å². The number of aromatic nitrogens is 4. The van der Waals surface area contributed by atoms with Crippen LogP contribution in [0, 0.1) is 0 Å². The first-order valence-corrected chi connectivity index (χ1v) is 5.28. The van der Waals surface area contributed by atoms with Crippen molar-refractivity contribution in [3.8, 4) is 5.75 Å². The number of hydrogen-bond acceptors (Lipinski definition) is 7. The summed E-state index contributed by atoms with van der Waals surface area (Å²) in [7, 11) is 0. The Bertz CT molecular complexity index is 590. The van der Waals surface area contributed by atoms with E-state index in [1.54, 1.807) is 12.1 Å². The lowest BCUT2D eigenvalue weighted by Crippen LogP contribution is -2.24. The van der Waals surface area contributed by atoms with Crippen molar-refractivity contribution in [2.24, 2.45) is 5.10 Å². The van der Waals surface area contributed by atoms with E-state index in [1.807, 2.05) is 0 Å². The summed E-state index contributed by atoms with van der Waals surface area (Å²) in [5, 5.41) is 23.5. The number of phenolic OH excluding ortho intramolecular Hbond substituents is 1. The molecule has 0 unspecified atom stereocenters. The largest absolute Gasteiger partial charge is 0.508 e. The van der Waals surface area contributed by atoms with Crippen LogP contribution in [0.4, 0.5) is 5.95 Å². The number of anilines is 1. The zero-order chi connectivity index (χ0) is 13.7. The second-order valence-corrected chi connectivity index (χ2v) is 3.56.